The largest absolute Gasteiger partial charge is 0.236 e. The minimum atomic E-state index is -3.77. The van der Waals surface area contributed by atoms with Crippen molar-refractivity contribution < 1.29 is 16.8 Å². The summed E-state index contributed by atoms with van der Waals surface area (Å²) in [6, 6.07) is 6.14. The molecule has 18 heavy (non-hydrogen) atoms. The van der Waals surface area contributed by atoms with Crippen LogP contribution in [0.1, 0.15) is 24.8 Å². The van der Waals surface area contributed by atoms with Gasteiger partial charge >= 0.3 is 0 Å². The third kappa shape index (κ3) is 2.87. The zero-order valence-corrected chi connectivity index (χ0v) is 11.9. The summed E-state index contributed by atoms with van der Waals surface area (Å²) in [7, 11) is -2.00. The van der Waals surface area contributed by atoms with Crippen LogP contribution in [-0.2, 0) is 24.6 Å². The second-order valence-electron chi connectivity index (χ2n) is 4.39. The molecule has 0 radical (unpaired) electrons. The van der Waals surface area contributed by atoms with E-state index in [1.807, 2.05) is 0 Å². The van der Waals surface area contributed by atoms with Gasteiger partial charge in [-0.2, -0.15) is 0 Å². The van der Waals surface area contributed by atoms with Gasteiger partial charge < -0.3 is 0 Å². The number of halogens is 1. The van der Waals surface area contributed by atoms with E-state index < -0.39 is 24.6 Å². The third-order valence-electron chi connectivity index (χ3n) is 3.10. The first-order valence-electron chi connectivity index (χ1n) is 5.55. The van der Waals surface area contributed by atoms with Crippen LogP contribution in [-0.4, -0.2) is 22.1 Å². The van der Waals surface area contributed by atoms with Crippen molar-refractivity contribution in [2.45, 2.75) is 35.2 Å². The van der Waals surface area contributed by atoms with Gasteiger partial charge in [0.1, 0.15) is 0 Å². The van der Waals surface area contributed by atoms with Crippen molar-refractivity contribution in [3.63, 3.8) is 0 Å². The molecule has 100 valence electrons. The van der Waals surface area contributed by atoms with Gasteiger partial charge in [0, 0.05) is 10.7 Å². The fraction of sp³-hybridized carbons (Fsp3) is 0.455. The maximum absolute atomic E-state index is 12.3. The Kier molecular flexibility index (Phi) is 3.71. The molecule has 1 fully saturated rings. The van der Waals surface area contributed by atoms with Crippen LogP contribution < -0.4 is 0 Å². The summed E-state index contributed by atoms with van der Waals surface area (Å²) in [6.07, 6.45) is 2.19. The predicted molar refractivity (Wildman–Crippen MR) is 69.7 cm³/mol. The normalized spacial score (nSPS) is 17.4. The minimum Gasteiger partial charge on any atom is -0.223 e. The highest BCUT2D eigenvalue weighted by molar-refractivity contribution is 8.13. The van der Waals surface area contributed by atoms with Crippen LogP contribution in [0, 0.1) is 0 Å². The Hall–Kier alpha value is -0.590. The Labute approximate surface area is 111 Å². The molecule has 0 amide bonds. The van der Waals surface area contributed by atoms with Crippen LogP contribution in [0.4, 0.5) is 0 Å². The van der Waals surface area contributed by atoms with Crippen molar-refractivity contribution in [2.75, 3.05) is 0 Å². The van der Waals surface area contributed by atoms with E-state index in [4.69, 9.17) is 10.7 Å². The lowest BCUT2D eigenvalue weighted by Crippen LogP contribution is -2.29. The first-order chi connectivity index (χ1) is 8.31. The molecule has 0 spiro atoms. The fourth-order valence-corrected chi connectivity index (χ4v) is 5.10. The molecular formula is C11H13ClO4S2. The van der Waals surface area contributed by atoms with Gasteiger partial charge in [-0.15, -0.1) is 0 Å². The molecule has 0 bridgehead atoms. The number of benzene rings is 1. The molecule has 0 saturated heterocycles. The lowest BCUT2D eigenvalue weighted by molar-refractivity contribution is 0.476. The average molecular weight is 309 g/mol. The zero-order valence-electron chi connectivity index (χ0n) is 9.54. The van der Waals surface area contributed by atoms with Gasteiger partial charge in [-0.1, -0.05) is 24.6 Å². The summed E-state index contributed by atoms with van der Waals surface area (Å²) >= 11 is 0. The first-order valence-corrected chi connectivity index (χ1v) is 9.57. The highest BCUT2D eigenvalue weighted by atomic mass is 35.7. The smallest absolute Gasteiger partial charge is 0.223 e. The van der Waals surface area contributed by atoms with Crippen molar-refractivity contribution in [2.24, 2.45) is 0 Å². The van der Waals surface area contributed by atoms with Gasteiger partial charge in [0.2, 0.25) is 9.05 Å². The molecule has 1 saturated carbocycles. The molecule has 7 heteroatoms. The van der Waals surface area contributed by atoms with E-state index >= 15 is 0 Å². The molecule has 0 heterocycles. The third-order valence-corrected chi connectivity index (χ3v) is 6.44. The Balaban J connectivity index is 2.45. The second kappa shape index (κ2) is 4.83. The molecule has 0 aromatic heterocycles. The Morgan fingerprint density at radius 2 is 1.72 bits per heavy atom. The van der Waals surface area contributed by atoms with Crippen LogP contribution in [0.5, 0.6) is 0 Å². The summed E-state index contributed by atoms with van der Waals surface area (Å²) < 4.78 is 46.8. The molecule has 1 aromatic rings. The second-order valence-corrected chi connectivity index (χ2v) is 9.36. The molecule has 0 N–H and O–H groups in total. The quantitative estimate of drug-likeness (QED) is 0.799. The average Bonchev–Trinajstić information content (AvgIpc) is 2.11. The summed E-state index contributed by atoms with van der Waals surface area (Å²) in [5.74, 6) is -0.462. The van der Waals surface area contributed by atoms with Crippen molar-refractivity contribution in [1.82, 2.24) is 0 Å². The number of rotatable bonds is 4. The van der Waals surface area contributed by atoms with Gasteiger partial charge in [-0.25, -0.2) is 16.8 Å². The Morgan fingerprint density at radius 1 is 1.11 bits per heavy atom. The molecule has 2 rings (SSSR count). The highest BCUT2D eigenvalue weighted by Crippen LogP contribution is 2.33. The van der Waals surface area contributed by atoms with E-state index in [0.717, 1.165) is 6.42 Å². The lowest BCUT2D eigenvalue weighted by Gasteiger charge is -2.26. The minimum absolute atomic E-state index is 0.0962. The molecule has 0 unspecified atom stereocenters. The van der Waals surface area contributed by atoms with Crippen molar-refractivity contribution in [1.29, 1.82) is 0 Å². The van der Waals surface area contributed by atoms with Crippen LogP contribution in [0.3, 0.4) is 0 Å². The molecular weight excluding hydrogens is 296 g/mol. The zero-order chi connectivity index (χ0) is 13.4. The van der Waals surface area contributed by atoms with Crippen molar-refractivity contribution in [3.8, 4) is 0 Å². The standard InChI is InChI=1S/C11H13ClO4S2/c12-17(13,14)8-9-4-1-2-7-11(9)18(15,16)10-5-3-6-10/h1-2,4,7,10H,3,5-6,8H2. The molecule has 1 aliphatic rings. The van der Waals surface area contributed by atoms with Crippen LogP contribution in [0.25, 0.3) is 0 Å². The van der Waals surface area contributed by atoms with Crippen molar-refractivity contribution >= 4 is 29.6 Å². The van der Waals surface area contributed by atoms with E-state index in [1.54, 1.807) is 12.1 Å². The van der Waals surface area contributed by atoms with Crippen LogP contribution in [0.2, 0.25) is 0 Å². The molecule has 1 aromatic carbocycles. The van der Waals surface area contributed by atoms with Crippen LogP contribution >= 0.6 is 10.7 Å². The number of hydrogen-bond donors (Lipinski definition) is 0. The van der Waals surface area contributed by atoms with Gasteiger partial charge in [-0.05, 0) is 24.5 Å². The summed E-state index contributed by atoms with van der Waals surface area (Å²) in [4.78, 5) is 0.0962. The monoisotopic (exact) mass is 308 g/mol. The maximum Gasteiger partial charge on any atom is 0.236 e. The maximum atomic E-state index is 12.3. The van der Waals surface area contributed by atoms with Gasteiger partial charge in [0.25, 0.3) is 0 Å². The first kappa shape index (κ1) is 13.8. The summed E-state index contributed by atoms with van der Waals surface area (Å²) in [5.41, 5.74) is 0.249. The SMILES string of the molecule is O=S(=O)(Cl)Cc1ccccc1S(=O)(=O)C1CCC1. The lowest BCUT2D eigenvalue weighted by atomic mass is 10.00. The molecule has 0 aliphatic heterocycles. The summed E-state index contributed by atoms with van der Waals surface area (Å²) in [6.45, 7) is 0. The Bertz CT molecular complexity index is 645. The van der Waals surface area contributed by atoms with E-state index in [2.05, 4.69) is 0 Å². The van der Waals surface area contributed by atoms with Gasteiger partial charge in [-0.3, -0.25) is 0 Å². The highest BCUT2D eigenvalue weighted by Gasteiger charge is 2.34. The topological polar surface area (TPSA) is 68.3 Å². The molecule has 1 aliphatic carbocycles. The number of sulfone groups is 1. The Morgan fingerprint density at radius 3 is 2.22 bits per heavy atom. The van der Waals surface area contributed by atoms with E-state index in [9.17, 15) is 16.8 Å². The molecule has 4 nitrogen and oxygen atoms in total. The predicted octanol–water partition coefficient (Wildman–Crippen LogP) is 2.08. The summed E-state index contributed by atoms with van der Waals surface area (Å²) in [5, 5.41) is -0.378. The van der Waals surface area contributed by atoms with E-state index in [0.29, 0.717) is 12.8 Å². The number of hydrogen-bond acceptors (Lipinski definition) is 4. The fourth-order valence-electron chi connectivity index (χ4n) is 1.95. The van der Waals surface area contributed by atoms with Crippen molar-refractivity contribution in [3.05, 3.63) is 29.8 Å². The van der Waals surface area contributed by atoms with Crippen LogP contribution in [0.15, 0.2) is 29.2 Å². The van der Waals surface area contributed by atoms with E-state index in [-0.39, 0.29) is 15.7 Å². The van der Waals surface area contributed by atoms with E-state index in [1.165, 1.54) is 12.1 Å². The van der Waals surface area contributed by atoms with Gasteiger partial charge in [0.05, 0.1) is 15.9 Å². The van der Waals surface area contributed by atoms with Gasteiger partial charge in [0.15, 0.2) is 9.84 Å². The molecule has 0 atom stereocenters.